The molecule has 3 heteroatoms. The summed E-state index contributed by atoms with van der Waals surface area (Å²) < 4.78 is 4.99. The maximum absolute atomic E-state index is 8.71. The first-order chi connectivity index (χ1) is 5.81. The molecule has 62 valence electrons. The number of nitrogens with zero attached hydrogens (tertiary/aromatic N) is 1. The van der Waals surface area contributed by atoms with Gasteiger partial charge in [-0.05, 0) is 18.2 Å². The Morgan fingerprint density at radius 3 is 2.75 bits per heavy atom. The predicted molar refractivity (Wildman–Crippen MR) is 47.3 cm³/mol. The number of anilines is 1. The van der Waals surface area contributed by atoms with Crippen LogP contribution in [0.25, 0.3) is 0 Å². The summed E-state index contributed by atoms with van der Waals surface area (Å²) in [6.07, 6.45) is 0. The monoisotopic (exact) mass is 162 g/mol. The molecule has 3 nitrogen and oxygen atoms in total. The Morgan fingerprint density at radius 1 is 1.50 bits per heavy atom. The molecule has 0 heterocycles. The zero-order valence-electron chi connectivity index (χ0n) is 7.09. The van der Waals surface area contributed by atoms with Crippen LogP contribution in [0.5, 0.6) is 5.75 Å². The lowest BCUT2D eigenvalue weighted by Gasteiger charge is -2.04. The minimum atomic E-state index is 0.546. The summed E-state index contributed by atoms with van der Waals surface area (Å²) >= 11 is 0. The molecule has 0 radical (unpaired) electrons. The van der Waals surface area contributed by atoms with Crippen LogP contribution in [0.4, 0.5) is 5.69 Å². The van der Waals surface area contributed by atoms with Gasteiger partial charge in [-0.25, -0.2) is 0 Å². The summed E-state index contributed by atoms with van der Waals surface area (Å²) in [6, 6.07) is 7.43. The molecule has 1 aromatic carbocycles. The van der Waals surface area contributed by atoms with Gasteiger partial charge in [-0.2, -0.15) is 5.26 Å². The van der Waals surface area contributed by atoms with Crippen LogP contribution in [-0.4, -0.2) is 14.2 Å². The van der Waals surface area contributed by atoms with Crippen molar-refractivity contribution in [3.8, 4) is 11.8 Å². The fourth-order valence-electron chi connectivity index (χ4n) is 0.951. The van der Waals surface area contributed by atoms with Crippen LogP contribution in [0, 0.1) is 11.3 Å². The zero-order chi connectivity index (χ0) is 8.97. The third-order valence-electron chi connectivity index (χ3n) is 1.61. The van der Waals surface area contributed by atoms with Crippen molar-refractivity contribution in [2.24, 2.45) is 0 Å². The molecule has 1 aromatic rings. The second kappa shape index (κ2) is 3.63. The van der Waals surface area contributed by atoms with Crippen LogP contribution in [-0.2, 0) is 0 Å². The Balaban J connectivity index is 3.13. The van der Waals surface area contributed by atoms with Crippen molar-refractivity contribution >= 4 is 5.69 Å². The highest BCUT2D eigenvalue weighted by atomic mass is 16.5. The highest BCUT2D eigenvalue weighted by Gasteiger charge is 2.01. The van der Waals surface area contributed by atoms with Gasteiger partial charge < -0.3 is 10.1 Å². The van der Waals surface area contributed by atoms with Crippen molar-refractivity contribution in [3.05, 3.63) is 23.8 Å². The number of ether oxygens (including phenoxy) is 1. The molecule has 0 aliphatic carbocycles. The highest BCUT2D eigenvalue weighted by molar-refractivity contribution is 5.55. The van der Waals surface area contributed by atoms with E-state index in [0.717, 1.165) is 5.69 Å². The fourth-order valence-corrected chi connectivity index (χ4v) is 0.951. The van der Waals surface area contributed by atoms with Gasteiger partial charge in [-0.3, -0.25) is 0 Å². The van der Waals surface area contributed by atoms with Crippen LogP contribution < -0.4 is 10.1 Å². The van der Waals surface area contributed by atoms with E-state index in [0.29, 0.717) is 11.3 Å². The molecule has 0 aliphatic heterocycles. The van der Waals surface area contributed by atoms with E-state index < -0.39 is 0 Å². The van der Waals surface area contributed by atoms with E-state index in [1.165, 1.54) is 0 Å². The largest absolute Gasteiger partial charge is 0.495 e. The van der Waals surface area contributed by atoms with E-state index in [9.17, 15) is 0 Å². The van der Waals surface area contributed by atoms with Crippen molar-refractivity contribution in [1.82, 2.24) is 0 Å². The van der Waals surface area contributed by atoms with Gasteiger partial charge in [0.25, 0.3) is 0 Å². The first-order valence-corrected chi connectivity index (χ1v) is 3.57. The van der Waals surface area contributed by atoms with E-state index >= 15 is 0 Å². The molecule has 0 spiro atoms. The summed E-state index contributed by atoms with van der Waals surface area (Å²) in [5.74, 6) is 0.608. The van der Waals surface area contributed by atoms with Crippen LogP contribution in [0.15, 0.2) is 18.2 Å². The summed E-state index contributed by atoms with van der Waals surface area (Å²) in [5, 5.41) is 11.7. The molecule has 0 atom stereocenters. The van der Waals surface area contributed by atoms with E-state index in [1.807, 2.05) is 13.1 Å². The molecule has 0 fully saturated rings. The lowest BCUT2D eigenvalue weighted by molar-refractivity contribution is 0.413. The van der Waals surface area contributed by atoms with Crippen molar-refractivity contribution in [3.63, 3.8) is 0 Å². The predicted octanol–water partition coefficient (Wildman–Crippen LogP) is 1.61. The van der Waals surface area contributed by atoms with Crippen LogP contribution >= 0.6 is 0 Å². The van der Waals surface area contributed by atoms with Gasteiger partial charge in [-0.1, -0.05) is 0 Å². The van der Waals surface area contributed by atoms with E-state index in [1.54, 1.807) is 19.2 Å². The molecule has 0 aromatic heterocycles. The number of benzene rings is 1. The minimum absolute atomic E-state index is 0.546. The summed E-state index contributed by atoms with van der Waals surface area (Å²) in [6.45, 7) is 0. The van der Waals surface area contributed by atoms with Gasteiger partial charge in [0.2, 0.25) is 0 Å². The Morgan fingerprint density at radius 2 is 2.25 bits per heavy atom. The number of hydrogen-bond acceptors (Lipinski definition) is 3. The Labute approximate surface area is 71.6 Å². The van der Waals surface area contributed by atoms with Gasteiger partial charge in [0.05, 0.1) is 12.7 Å². The molecule has 0 aliphatic rings. The maximum atomic E-state index is 8.71. The van der Waals surface area contributed by atoms with Crippen LogP contribution in [0.2, 0.25) is 0 Å². The summed E-state index contributed by atoms with van der Waals surface area (Å²) in [7, 11) is 3.36. The molecule has 0 unspecified atom stereocenters. The Kier molecular flexibility index (Phi) is 2.54. The highest BCUT2D eigenvalue weighted by Crippen LogP contribution is 2.20. The Bertz CT molecular complexity index is 315. The lowest BCUT2D eigenvalue weighted by atomic mass is 10.2. The van der Waals surface area contributed by atoms with Crippen molar-refractivity contribution in [2.45, 2.75) is 0 Å². The van der Waals surface area contributed by atoms with Gasteiger partial charge in [0.1, 0.15) is 11.8 Å². The number of rotatable bonds is 2. The third kappa shape index (κ3) is 1.48. The van der Waals surface area contributed by atoms with Crippen molar-refractivity contribution in [2.75, 3.05) is 19.5 Å². The standard InChI is InChI=1S/C9H10N2O/c1-11-8-3-4-9(12-2)7(5-8)6-10/h3-5,11H,1-2H3. The van der Waals surface area contributed by atoms with E-state index in [4.69, 9.17) is 10.00 Å². The van der Waals surface area contributed by atoms with Gasteiger partial charge in [-0.15, -0.1) is 0 Å². The normalized spacial score (nSPS) is 8.75. The molecule has 0 amide bonds. The molecule has 0 bridgehead atoms. The fraction of sp³-hybridized carbons (Fsp3) is 0.222. The Hall–Kier alpha value is -1.69. The lowest BCUT2D eigenvalue weighted by Crippen LogP contribution is -1.91. The molecule has 12 heavy (non-hydrogen) atoms. The SMILES string of the molecule is CNc1ccc(OC)c(C#N)c1. The smallest absolute Gasteiger partial charge is 0.136 e. The van der Waals surface area contributed by atoms with E-state index in [2.05, 4.69) is 11.4 Å². The van der Waals surface area contributed by atoms with Crippen molar-refractivity contribution < 1.29 is 4.74 Å². The first kappa shape index (κ1) is 8.41. The number of nitrogens with one attached hydrogen (secondary N) is 1. The van der Waals surface area contributed by atoms with Gasteiger partial charge in [0.15, 0.2) is 0 Å². The molecular formula is C9H10N2O. The number of nitriles is 1. The number of methoxy groups -OCH3 is 1. The topological polar surface area (TPSA) is 45.0 Å². The second-order valence-corrected chi connectivity index (χ2v) is 2.28. The average molecular weight is 162 g/mol. The quantitative estimate of drug-likeness (QED) is 0.718. The molecule has 0 saturated heterocycles. The first-order valence-electron chi connectivity index (χ1n) is 3.57. The van der Waals surface area contributed by atoms with Crippen LogP contribution in [0.3, 0.4) is 0 Å². The molecular weight excluding hydrogens is 152 g/mol. The second-order valence-electron chi connectivity index (χ2n) is 2.28. The molecule has 0 saturated carbocycles. The van der Waals surface area contributed by atoms with Gasteiger partial charge >= 0.3 is 0 Å². The summed E-state index contributed by atoms with van der Waals surface area (Å²) in [4.78, 5) is 0. The molecule has 1 rings (SSSR count). The third-order valence-corrected chi connectivity index (χ3v) is 1.61. The van der Waals surface area contributed by atoms with E-state index in [-0.39, 0.29) is 0 Å². The minimum Gasteiger partial charge on any atom is -0.495 e. The van der Waals surface area contributed by atoms with Gasteiger partial charge in [0, 0.05) is 12.7 Å². The maximum Gasteiger partial charge on any atom is 0.136 e. The summed E-state index contributed by atoms with van der Waals surface area (Å²) in [5.41, 5.74) is 1.46. The zero-order valence-corrected chi connectivity index (χ0v) is 7.09. The average Bonchev–Trinajstić information content (AvgIpc) is 2.16. The number of hydrogen-bond donors (Lipinski definition) is 1. The molecule has 1 N–H and O–H groups in total. The van der Waals surface area contributed by atoms with Crippen LogP contribution in [0.1, 0.15) is 5.56 Å². The van der Waals surface area contributed by atoms with Crippen molar-refractivity contribution in [1.29, 1.82) is 5.26 Å².